The molecule has 4 aliphatic heterocycles. The molecule has 5 heterocycles. The van der Waals surface area contributed by atoms with E-state index in [1.807, 2.05) is 27.2 Å². The first-order valence-electron chi connectivity index (χ1n) is 13.8. The van der Waals surface area contributed by atoms with E-state index in [1.165, 1.54) is 22.6 Å². The van der Waals surface area contributed by atoms with E-state index >= 15 is 0 Å². The van der Waals surface area contributed by atoms with Gasteiger partial charge in [-0.15, -0.1) is 5.10 Å². The van der Waals surface area contributed by atoms with Crippen LogP contribution in [0.5, 0.6) is 0 Å². The van der Waals surface area contributed by atoms with Gasteiger partial charge in [0.15, 0.2) is 16.8 Å². The number of aromatic nitrogens is 7. The lowest BCUT2D eigenvalue weighted by Crippen LogP contribution is -2.50. The summed E-state index contributed by atoms with van der Waals surface area (Å²) in [5.41, 5.74) is 9.83. The molecule has 7 rings (SSSR count). The molecule has 12 heteroatoms. The molecule has 1 fully saturated rings. The van der Waals surface area contributed by atoms with Gasteiger partial charge >= 0.3 is 0 Å². The largest absolute Gasteiger partial charge is 0.382 e. The zero-order valence-electron chi connectivity index (χ0n) is 22.6. The summed E-state index contributed by atoms with van der Waals surface area (Å²) in [4.78, 5) is 22.7. The minimum atomic E-state index is -0.0853. The zero-order valence-corrected chi connectivity index (χ0v) is 23.4. The normalized spacial score (nSPS) is 17.6. The van der Waals surface area contributed by atoms with Gasteiger partial charge in [-0.3, -0.25) is 9.89 Å². The Hall–Kier alpha value is -4.29. The third-order valence-corrected chi connectivity index (χ3v) is 8.77. The molecule has 0 aliphatic carbocycles. The quantitative estimate of drug-likeness (QED) is 0.318. The summed E-state index contributed by atoms with van der Waals surface area (Å²) in [5, 5.41) is 10.5. The second-order valence-electron chi connectivity index (χ2n) is 10.2. The third-order valence-electron chi connectivity index (χ3n) is 7.73. The molecule has 0 amide bonds. The number of imidazole rings is 1. The van der Waals surface area contributed by atoms with Crippen LogP contribution in [0.15, 0.2) is 84.5 Å². The first-order valence-corrected chi connectivity index (χ1v) is 14.8. The van der Waals surface area contributed by atoms with Crippen LogP contribution in [0.1, 0.15) is 28.9 Å². The predicted octanol–water partition coefficient (Wildman–Crippen LogP) is 3.05. The Morgan fingerprint density at radius 3 is 2.29 bits per heavy atom. The smallest absolute Gasteiger partial charge is 0.165 e. The fourth-order valence-electron chi connectivity index (χ4n) is 5.79. The summed E-state index contributed by atoms with van der Waals surface area (Å²) >= 11 is 1.87. The number of thioether (sulfide) groups is 1. The van der Waals surface area contributed by atoms with Crippen LogP contribution in [-0.4, -0.2) is 88.0 Å². The number of nitrogens with zero attached hydrogens (tertiary/aromatic N) is 10. The Morgan fingerprint density at radius 1 is 0.854 bits per heavy atom. The van der Waals surface area contributed by atoms with E-state index in [2.05, 4.69) is 90.5 Å². The molecule has 1 saturated heterocycles. The molecule has 0 saturated carbocycles. The summed E-state index contributed by atoms with van der Waals surface area (Å²) in [7, 11) is 0. The molecule has 0 bridgehead atoms. The van der Waals surface area contributed by atoms with Crippen molar-refractivity contribution in [2.45, 2.75) is 18.6 Å². The van der Waals surface area contributed by atoms with Crippen molar-refractivity contribution in [3.05, 3.63) is 96.3 Å². The van der Waals surface area contributed by atoms with Gasteiger partial charge in [-0.2, -0.15) is 0 Å². The van der Waals surface area contributed by atoms with Crippen LogP contribution in [0.25, 0.3) is 11.5 Å². The predicted molar refractivity (Wildman–Crippen MR) is 160 cm³/mol. The van der Waals surface area contributed by atoms with Gasteiger partial charge in [0.25, 0.3) is 0 Å². The number of benzene rings is 2. The van der Waals surface area contributed by atoms with Crippen LogP contribution in [0.4, 0.5) is 5.82 Å². The van der Waals surface area contributed by atoms with E-state index in [-0.39, 0.29) is 12.1 Å². The van der Waals surface area contributed by atoms with Crippen molar-refractivity contribution in [1.29, 1.82) is 0 Å². The van der Waals surface area contributed by atoms with Crippen molar-refractivity contribution in [1.82, 2.24) is 44.3 Å². The molecule has 11 nitrogen and oxygen atoms in total. The number of hydrogen-bond donors (Lipinski definition) is 1. The van der Waals surface area contributed by atoms with Gasteiger partial charge in [0, 0.05) is 31.9 Å². The fourth-order valence-corrected chi connectivity index (χ4v) is 6.70. The van der Waals surface area contributed by atoms with Crippen LogP contribution in [0.3, 0.4) is 0 Å². The molecule has 0 radical (unpaired) electrons. The number of amidine groups is 1. The van der Waals surface area contributed by atoms with Crippen LogP contribution in [0.2, 0.25) is 0 Å². The molecule has 3 aromatic rings. The first kappa shape index (κ1) is 25.7. The third kappa shape index (κ3) is 5.16. The van der Waals surface area contributed by atoms with Crippen molar-refractivity contribution < 1.29 is 0 Å². The zero-order chi connectivity index (χ0) is 27.6. The van der Waals surface area contributed by atoms with Crippen molar-refractivity contribution in [3.8, 4) is 11.5 Å². The Labute approximate surface area is 242 Å². The lowest BCUT2D eigenvalue weighted by atomic mass is 9.91. The molecule has 2 N–H and O–H groups in total. The molecular formula is C29H31N11S. The number of nitrogens with two attached hydrogens (primary N) is 1. The van der Waals surface area contributed by atoms with Crippen molar-refractivity contribution >= 4 is 22.7 Å². The number of nitrogen functional groups attached to an aromatic ring is 1. The highest BCUT2D eigenvalue weighted by atomic mass is 32.2. The number of piperazine rings is 1. The van der Waals surface area contributed by atoms with Gasteiger partial charge in [0.1, 0.15) is 17.7 Å². The maximum atomic E-state index is 6.00. The molecular weight excluding hydrogens is 534 g/mol. The van der Waals surface area contributed by atoms with E-state index in [0.29, 0.717) is 23.9 Å². The standard InChI is InChI=1S/C29H31N11S/c30-27-24-28(33-19-32-24)39(20-34-27)17-23-18-40(36-35-23)26(22-9-5-2-6-10-22)25(21-7-3-1-4-8-21)37-12-14-38(15-13-37)29-31-11-16-41-29/h1-10,18-20,25-26H,11-17,30H2/t25-,26+/m0/s1. The minimum Gasteiger partial charge on any atom is -0.382 e. The number of fused-ring (bicyclic) bond motifs is 1. The highest BCUT2D eigenvalue weighted by molar-refractivity contribution is 8.14. The van der Waals surface area contributed by atoms with Crippen molar-refractivity contribution in [2.75, 3.05) is 44.2 Å². The van der Waals surface area contributed by atoms with Crippen LogP contribution in [-0.2, 0) is 6.54 Å². The SMILES string of the molecule is Nc1ncn(Cc2cn([C@H](c3ccccc3)[C@H](c3ccccc3)N3CCN(C4=NCCS4)CC3)nn2)c2ncnc1-2. The van der Waals surface area contributed by atoms with E-state index in [1.54, 1.807) is 6.33 Å². The van der Waals surface area contributed by atoms with Gasteiger partial charge in [-0.25, -0.2) is 19.6 Å². The van der Waals surface area contributed by atoms with E-state index in [4.69, 9.17) is 15.9 Å². The molecule has 208 valence electrons. The fraction of sp³-hybridized carbons (Fsp3) is 0.310. The van der Waals surface area contributed by atoms with Crippen LogP contribution >= 0.6 is 11.8 Å². The molecule has 2 atom stereocenters. The Bertz CT molecular complexity index is 1590. The monoisotopic (exact) mass is 565 g/mol. The topological polar surface area (TPSA) is 119 Å². The van der Waals surface area contributed by atoms with Gasteiger partial charge in [-0.05, 0) is 11.1 Å². The summed E-state index contributed by atoms with van der Waals surface area (Å²) in [5.74, 6) is 2.13. The molecule has 41 heavy (non-hydrogen) atoms. The average Bonchev–Trinajstić information content (AvgIpc) is 3.82. The van der Waals surface area contributed by atoms with E-state index < -0.39 is 0 Å². The second kappa shape index (κ2) is 11.3. The van der Waals surface area contributed by atoms with Crippen LogP contribution < -0.4 is 5.73 Å². The lowest BCUT2D eigenvalue weighted by molar-refractivity contribution is 0.104. The molecule has 2 aromatic carbocycles. The molecule has 0 unspecified atom stereocenters. The van der Waals surface area contributed by atoms with E-state index in [0.717, 1.165) is 44.2 Å². The molecule has 4 aliphatic rings. The van der Waals surface area contributed by atoms with E-state index in [9.17, 15) is 0 Å². The summed E-state index contributed by atoms with van der Waals surface area (Å²) < 4.78 is 3.92. The average molecular weight is 566 g/mol. The van der Waals surface area contributed by atoms with Gasteiger partial charge in [0.05, 0.1) is 37.7 Å². The molecule has 1 aromatic heterocycles. The second-order valence-corrected chi connectivity index (χ2v) is 11.3. The summed E-state index contributed by atoms with van der Waals surface area (Å²) in [6.45, 7) is 5.16. The number of rotatable bonds is 7. The first-order chi connectivity index (χ1) is 20.2. The number of aliphatic imine (C=N–C) groups is 1. The Morgan fingerprint density at radius 2 is 1.59 bits per heavy atom. The van der Waals surface area contributed by atoms with Crippen molar-refractivity contribution in [2.24, 2.45) is 4.99 Å². The highest BCUT2D eigenvalue weighted by Crippen LogP contribution is 2.38. The minimum absolute atomic E-state index is 0.0620. The maximum absolute atomic E-state index is 6.00. The Kier molecular flexibility index (Phi) is 7.07. The van der Waals surface area contributed by atoms with Gasteiger partial charge in [0.2, 0.25) is 0 Å². The number of hydrogen-bond acceptors (Lipinski definition) is 10. The van der Waals surface area contributed by atoms with Crippen LogP contribution in [0, 0.1) is 0 Å². The van der Waals surface area contributed by atoms with Gasteiger partial charge in [-0.1, -0.05) is 77.6 Å². The van der Waals surface area contributed by atoms with Crippen molar-refractivity contribution in [3.63, 3.8) is 0 Å². The van der Waals surface area contributed by atoms with Gasteiger partial charge < -0.3 is 15.2 Å². The lowest BCUT2D eigenvalue weighted by Gasteiger charge is -2.43. The molecule has 0 spiro atoms. The summed E-state index contributed by atoms with van der Waals surface area (Å²) in [6, 6.07) is 21.3. The summed E-state index contributed by atoms with van der Waals surface area (Å²) in [6.07, 6.45) is 5.22. The Balaban J connectivity index is 1.23. The maximum Gasteiger partial charge on any atom is 0.165 e. The number of anilines is 1. The highest BCUT2D eigenvalue weighted by Gasteiger charge is 2.35.